The Morgan fingerprint density at radius 1 is 1.23 bits per heavy atom. The lowest BCUT2D eigenvalue weighted by Gasteiger charge is -2.34. The first-order chi connectivity index (χ1) is 18.6. The Kier molecular flexibility index (Phi) is 13.9. The van der Waals surface area contributed by atoms with Gasteiger partial charge in [0.05, 0.1) is 17.4 Å². The lowest BCUT2D eigenvalue weighted by Crippen LogP contribution is -2.37. The van der Waals surface area contributed by atoms with Crippen LogP contribution in [0.1, 0.15) is 73.1 Å². The molecule has 2 aliphatic heterocycles. The van der Waals surface area contributed by atoms with Crippen molar-refractivity contribution in [1.29, 1.82) is 0 Å². The first-order valence-electron chi connectivity index (χ1n) is 14.5. The largest absolute Gasteiger partial charge is 0.493 e. The first-order valence-corrected chi connectivity index (χ1v) is 15.8. The van der Waals surface area contributed by atoms with E-state index in [1.807, 2.05) is 23.9 Å². The van der Waals surface area contributed by atoms with Gasteiger partial charge in [-0.05, 0) is 44.3 Å². The molecule has 1 fully saturated rings. The number of thioether (sulfide) groups is 1. The van der Waals surface area contributed by atoms with Crippen LogP contribution in [0.3, 0.4) is 0 Å². The zero-order valence-electron chi connectivity index (χ0n) is 25.4. The van der Waals surface area contributed by atoms with E-state index in [0.29, 0.717) is 17.1 Å². The molecule has 214 valence electrons. The summed E-state index contributed by atoms with van der Waals surface area (Å²) in [5.41, 5.74) is 5.69. The van der Waals surface area contributed by atoms with E-state index in [1.54, 1.807) is 0 Å². The monoisotopic (exact) mass is 548 g/mol. The zero-order chi connectivity index (χ0) is 28.9. The van der Waals surface area contributed by atoms with Crippen molar-refractivity contribution >= 4 is 17.5 Å². The third kappa shape index (κ3) is 10.2. The SMILES string of the molecule is C=C/C=C/CC(OC(=C)C1C(SC)CCN1C(=C)C1=CCC(CC(=C)CC(C)/C=C(C)/C=C/CC)=N1)C(C)C. The van der Waals surface area contributed by atoms with E-state index in [-0.39, 0.29) is 12.1 Å². The highest BCUT2D eigenvalue weighted by Crippen LogP contribution is 2.38. The van der Waals surface area contributed by atoms with Gasteiger partial charge in [-0.3, -0.25) is 4.99 Å². The van der Waals surface area contributed by atoms with Gasteiger partial charge in [0.25, 0.3) is 0 Å². The van der Waals surface area contributed by atoms with Crippen LogP contribution in [0.25, 0.3) is 0 Å². The fourth-order valence-corrected chi connectivity index (χ4v) is 6.22. The third-order valence-corrected chi connectivity index (χ3v) is 8.44. The van der Waals surface area contributed by atoms with Gasteiger partial charge in [-0.15, -0.1) is 0 Å². The van der Waals surface area contributed by atoms with Gasteiger partial charge in [0.2, 0.25) is 0 Å². The lowest BCUT2D eigenvalue weighted by molar-refractivity contribution is 0.0579. The fourth-order valence-electron chi connectivity index (χ4n) is 5.32. The smallest absolute Gasteiger partial charge is 0.113 e. The minimum Gasteiger partial charge on any atom is -0.493 e. The third-order valence-electron chi connectivity index (χ3n) is 7.34. The molecule has 0 amide bonds. The normalized spacial score (nSPS) is 21.4. The Hall–Kier alpha value is -2.46. The number of ether oxygens (including phenoxy) is 1. The Morgan fingerprint density at radius 3 is 2.62 bits per heavy atom. The molecule has 0 aromatic rings. The summed E-state index contributed by atoms with van der Waals surface area (Å²) in [6.45, 7) is 29.0. The Morgan fingerprint density at radius 2 is 1.97 bits per heavy atom. The number of allylic oxidation sites excluding steroid dienone is 8. The molecular weight excluding hydrogens is 496 g/mol. The quantitative estimate of drug-likeness (QED) is 0.103. The molecule has 2 rings (SSSR count). The summed E-state index contributed by atoms with van der Waals surface area (Å²) < 4.78 is 6.53. The van der Waals surface area contributed by atoms with Gasteiger partial charge >= 0.3 is 0 Å². The molecule has 2 aliphatic rings. The summed E-state index contributed by atoms with van der Waals surface area (Å²) in [4.78, 5) is 7.39. The Bertz CT molecular complexity index is 1030. The summed E-state index contributed by atoms with van der Waals surface area (Å²) in [7, 11) is 0. The van der Waals surface area contributed by atoms with Crippen molar-refractivity contribution in [2.45, 2.75) is 90.5 Å². The molecule has 0 aromatic heterocycles. The molecular formula is C35H52N2OS. The van der Waals surface area contributed by atoms with Gasteiger partial charge in [0, 0.05) is 36.8 Å². The van der Waals surface area contributed by atoms with Crippen molar-refractivity contribution < 1.29 is 4.74 Å². The number of likely N-dealkylation sites (tertiary alicyclic amines) is 1. The maximum Gasteiger partial charge on any atom is 0.113 e. The number of nitrogens with zero attached hydrogens (tertiary/aromatic N) is 2. The van der Waals surface area contributed by atoms with E-state index in [1.165, 1.54) is 16.9 Å². The summed E-state index contributed by atoms with van der Waals surface area (Å²) in [5, 5.41) is 0.418. The van der Waals surface area contributed by atoms with E-state index >= 15 is 0 Å². The second-order valence-electron chi connectivity index (χ2n) is 11.2. The van der Waals surface area contributed by atoms with Crippen LogP contribution in [0.15, 0.2) is 102 Å². The molecule has 0 aliphatic carbocycles. The number of aliphatic imine (C=N–C) groups is 1. The van der Waals surface area contributed by atoms with Gasteiger partial charge < -0.3 is 9.64 Å². The number of hydrogen-bond acceptors (Lipinski definition) is 4. The fraction of sp³-hybridized carbons (Fsp3) is 0.514. The predicted octanol–water partition coefficient (Wildman–Crippen LogP) is 9.61. The van der Waals surface area contributed by atoms with E-state index in [9.17, 15) is 0 Å². The molecule has 3 nitrogen and oxygen atoms in total. The zero-order valence-corrected chi connectivity index (χ0v) is 26.2. The van der Waals surface area contributed by atoms with Gasteiger partial charge in [-0.25, -0.2) is 0 Å². The van der Waals surface area contributed by atoms with Crippen LogP contribution in [0, 0.1) is 11.8 Å². The molecule has 0 saturated carbocycles. The molecule has 2 heterocycles. The van der Waals surface area contributed by atoms with Crippen molar-refractivity contribution in [3.63, 3.8) is 0 Å². The number of hydrogen-bond donors (Lipinski definition) is 0. The molecule has 0 bridgehead atoms. The summed E-state index contributed by atoms with van der Waals surface area (Å²) >= 11 is 1.89. The second-order valence-corrected chi connectivity index (χ2v) is 12.3. The molecule has 39 heavy (non-hydrogen) atoms. The molecule has 0 N–H and O–H groups in total. The molecule has 1 saturated heterocycles. The van der Waals surface area contributed by atoms with E-state index in [4.69, 9.17) is 9.73 Å². The highest BCUT2D eigenvalue weighted by molar-refractivity contribution is 7.99. The first kappa shape index (κ1) is 32.8. The van der Waals surface area contributed by atoms with Crippen LogP contribution in [-0.4, -0.2) is 40.8 Å². The maximum absolute atomic E-state index is 6.53. The van der Waals surface area contributed by atoms with Gasteiger partial charge in [0.15, 0.2) is 0 Å². The molecule has 0 aromatic carbocycles. The van der Waals surface area contributed by atoms with Gasteiger partial charge in [-0.2, -0.15) is 11.8 Å². The number of rotatable bonds is 17. The molecule has 4 atom stereocenters. The van der Waals surface area contributed by atoms with Crippen LogP contribution < -0.4 is 0 Å². The van der Waals surface area contributed by atoms with Crippen molar-refractivity contribution in [2.75, 3.05) is 12.8 Å². The van der Waals surface area contributed by atoms with E-state index in [0.717, 1.165) is 62.2 Å². The minimum atomic E-state index is 0.0805. The second kappa shape index (κ2) is 16.6. The maximum atomic E-state index is 6.53. The molecule has 0 spiro atoms. The van der Waals surface area contributed by atoms with Gasteiger partial charge in [0.1, 0.15) is 11.9 Å². The topological polar surface area (TPSA) is 24.8 Å². The molecule has 0 radical (unpaired) electrons. The van der Waals surface area contributed by atoms with E-state index < -0.39 is 0 Å². The Labute approximate surface area is 244 Å². The standard InChI is InChI=1S/C35H52N2OS/c1-11-13-15-17-33(25(3)4)38-30(9)35-34(39-10)20-21-37(35)29(8)32-19-18-31(36-32)24-28(7)23-27(6)22-26(5)16-14-12-2/h11,13-16,19,22,25,27,33-35H,1,7-9,12,17-18,20-21,23-24H2,2-6,10H3/b15-13+,16-14+,26-22+. The van der Waals surface area contributed by atoms with Crippen LogP contribution in [0.2, 0.25) is 0 Å². The molecule has 4 unspecified atom stereocenters. The lowest BCUT2D eigenvalue weighted by atomic mass is 9.96. The van der Waals surface area contributed by atoms with Crippen molar-refractivity contribution in [3.05, 3.63) is 97.1 Å². The highest BCUT2D eigenvalue weighted by Gasteiger charge is 2.39. The average molecular weight is 549 g/mol. The van der Waals surface area contributed by atoms with Crippen LogP contribution in [0.5, 0.6) is 0 Å². The average Bonchev–Trinajstić information content (AvgIpc) is 3.53. The summed E-state index contributed by atoms with van der Waals surface area (Å²) in [6, 6.07) is 0.0879. The van der Waals surface area contributed by atoms with Crippen LogP contribution >= 0.6 is 11.8 Å². The van der Waals surface area contributed by atoms with Crippen LogP contribution in [0.4, 0.5) is 0 Å². The Balaban J connectivity index is 2.05. The van der Waals surface area contributed by atoms with Crippen molar-refractivity contribution in [2.24, 2.45) is 16.8 Å². The highest BCUT2D eigenvalue weighted by atomic mass is 32.2. The summed E-state index contributed by atoms with van der Waals surface area (Å²) in [5.74, 6) is 1.68. The van der Waals surface area contributed by atoms with Crippen molar-refractivity contribution in [1.82, 2.24) is 4.90 Å². The van der Waals surface area contributed by atoms with Crippen molar-refractivity contribution in [3.8, 4) is 0 Å². The summed E-state index contributed by atoms with van der Waals surface area (Å²) in [6.07, 6.45) is 22.8. The molecule has 4 heteroatoms. The minimum absolute atomic E-state index is 0.0805. The predicted molar refractivity (Wildman–Crippen MR) is 175 cm³/mol. The van der Waals surface area contributed by atoms with Gasteiger partial charge in [-0.1, -0.05) is 108 Å². The van der Waals surface area contributed by atoms with Crippen LogP contribution in [-0.2, 0) is 4.74 Å². The van der Waals surface area contributed by atoms with E-state index in [2.05, 4.69) is 102 Å².